The van der Waals surface area contributed by atoms with Gasteiger partial charge in [-0.1, -0.05) is 26.0 Å². The van der Waals surface area contributed by atoms with E-state index in [1.165, 1.54) is 6.07 Å². The SMILES string of the molecule is CC(C)c1cc(C(=O)c2cccc(NC(N)=O)c2)c(C(N)=NC=N)[nH]1. The highest BCUT2D eigenvalue weighted by molar-refractivity contribution is 6.16. The number of H-pyrrole nitrogens is 1. The van der Waals surface area contributed by atoms with Gasteiger partial charge in [-0.05, 0) is 24.1 Å². The molecule has 8 nitrogen and oxygen atoms in total. The molecule has 0 saturated carbocycles. The van der Waals surface area contributed by atoms with E-state index in [0.717, 1.165) is 12.0 Å². The highest BCUT2D eigenvalue weighted by Gasteiger charge is 2.20. The van der Waals surface area contributed by atoms with Crippen LogP contribution in [0.25, 0.3) is 0 Å². The van der Waals surface area contributed by atoms with Crippen molar-refractivity contribution in [3.05, 3.63) is 52.8 Å². The number of hydrogen-bond acceptors (Lipinski definition) is 3. The first kappa shape index (κ1) is 17.9. The van der Waals surface area contributed by atoms with E-state index in [1.54, 1.807) is 24.3 Å². The molecular weight excluding hydrogens is 320 g/mol. The number of primary amides is 1. The van der Waals surface area contributed by atoms with Crippen LogP contribution in [-0.2, 0) is 0 Å². The Kier molecular flexibility index (Phi) is 5.33. The van der Waals surface area contributed by atoms with Crippen LogP contribution < -0.4 is 16.8 Å². The summed E-state index contributed by atoms with van der Waals surface area (Å²) in [5.41, 5.74) is 13.3. The number of aliphatic imine (C=N–C) groups is 1. The van der Waals surface area contributed by atoms with Gasteiger partial charge < -0.3 is 21.8 Å². The molecule has 1 aromatic carbocycles. The molecule has 0 spiro atoms. The van der Waals surface area contributed by atoms with Crippen LogP contribution in [0.5, 0.6) is 0 Å². The third kappa shape index (κ3) is 4.11. The number of rotatable bonds is 6. The second kappa shape index (κ2) is 7.43. The zero-order chi connectivity index (χ0) is 18.6. The number of amides is 2. The number of nitrogens with zero attached hydrogens (tertiary/aromatic N) is 1. The molecule has 2 aromatic rings. The molecule has 130 valence electrons. The van der Waals surface area contributed by atoms with Crippen LogP contribution in [0, 0.1) is 5.41 Å². The number of aromatic nitrogens is 1. The molecule has 1 aromatic heterocycles. The lowest BCUT2D eigenvalue weighted by Gasteiger charge is -2.06. The van der Waals surface area contributed by atoms with Crippen molar-refractivity contribution in [3.63, 3.8) is 0 Å². The van der Waals surface area contributed by atoms with Gasteiger partial charge in [-0.15, -0.1) is 0 Å². The zero-order valence-corrected chi connectivity index (χ0v) is 14.0. The molecule has 0 bridgehead atoms. The second-order valence-electron chi connectivity index (χ2n) is 5.71. The number of carbonyl (C=O) groups is 2. The first-order valence-corrected chi connectivity index (χ1v) is 7.60. The summed E-state index contributed by atoms with van der Waals surface area (Å²) in [6.45, 7) is 3.95. The number of nitrogens with one attached hydrogen (secondary N) is 3. The number of ketones is 1. The number of amidine groups is 1. The summed E-state index contributed by atoms with van der Waals surface area (Å²) in [5, 5.41) is 9.50. The lowest BCUT2D eigenvalue weighted by Crippen LogP contribution is -2.20. The number of benzene rings is 1. The van der Waals surface area contributed by atoms with Crippen LogP contribution in [0.4, 0.5) is 10.5 Å². The average molecular weight is 340 g/mol. The van der Waals surface area contributed by atoms with E-state index in [4.69, 9.17) is 16.9 Å². The van der Waals surface area contributed by atoms with Gasteiger partial charge in [0.25, 0.3) is 0 Å². The second-order valence-corrected chi connectivity index (χ2v) is 5.71. The van der Waals surface area contributed by atoms with Crippen molar-refractivity contribution in [3.8, 4) is 0 Å². The molecule has 0 fully saturated rings. The van der Waals surface area contributed by atoms with Gasteiger partial charge >= 0.3 is 6.03 Å². The minimum atomic E-state index is -0.712. The van der Waals surface area contributed by atoms with E-state index < -0.39 is 6.03 Å². The molecule has 0 unspecified atom stereocenters. The van der Waals surface area contributed by atoms with Crippen LogP contribution in [0.1, 0.15) is 47.1 Å². The highest BCUT2D eigenvalue weighted by Crippen LogP contribution is 2.22. The third-order valence-corrected chi connectivity index (χ3v) is 3.56. The van der Waals surface area contributed by atoms with Gasteiger partial charge in [-0.2, -0.15) is 0 Å². The Bertz CT molecular complexity index is 851. The molecule has 0 saturated heterocycles. The molecule has 25 heavy (non-hydrogen) atoms. The lowest BCUT2D eigenvalue weighted by atomic mass is 10.0. The van der Waals surface area contributed by atoms with Crippen LogP contribution in [-0.4, -0.2) is 29.0 Å². The summed E-state index contributed by atoms with van der Waals surface area (Å²) in [5.74, 6) is -0.0815. The number of nitrogens with two attached hydrogens (primary N) is 2. The van der Waals surface area contributed by atoms with Crippen LogP contribution in [0.2, 0.25) is 0 Å². The smallest absolute Gasteiger partial charge is 0.316 e. The van der Waals surface area contributed by atoms with E-state index in [1.807, 2.05) is 13.8 Å². The standard InChI is InChI=1S/C17H20N6O2/c1-9(2)13-7-12(14(23-13)16(19)21-8-18)15(24)10-4-3-5-11(6-10)22-17(20)25/h3-9,23H,1-2H3,(H3,18,19,21)(H3,20,22,25). The average Bonchev–Trinajstić information content (AvgIpc) is 2.99. The fraction of sp³-hybridized carbons (Fsp3) is 0.176. The molecule has 1 heterocycles. The van der Waals surface area contributed by atoms with Crippen LogP contribution >= 0.6 is 0 Å². The molecular formula is C17H20N6O2. The highest BCUT2D eigenvalue weighted by atomic mass is 16.2. The fourth-order valence-corrected chi connectivity index (χ4v) is 2.34. The van der Waals surface area contributed by atoms with Crippen molar-refractivity contribution < 1.29 is 9.59 Å². The van der Waals surface area contributed by atoms with Crippen molar-refractivity contribution in [2.24, 2.45) is 16.5 Å². The Hall–Kier alpha value is -3.42. The Labute approximate surface area is 144 Å². The number of aromatic amines is 1. The number of urea groups is 1. The molecule has 0 radical (unpaired) electrons. The Morgan fingerprint density at radius 3 is 2.60 bits per heavy atom. The largest absolute Gasteiger partial charge is 0.382 e. The minimum absolute atomic E-state index is 0.0525. The molecule has 0 aliphatic carbocycles. The molecule has 2 amide bonds. The van der Waals surface area contributed by atoms with Gasteiger partial charge in [0.1, 0.15) is 12.2 Å². The van der Waals surface area contributed by atoms with E-state index >= 15 is 0 Å². The van der Waals surface area contributed by atoms with E-state index in [2.05, 4.69) is 15.3 Å². The number of carbonyl (C=O) groups excluding carboxylic acids is 2. The first-order valence-electron chi connectivity index (χ1n) is 7.60. The van der Waals surface area contributed by atoms with Crippen molar-refractivity contribution >= 4 is 29.7 Å². The summed E-state index contributed by atoms with van der Waals surface area (Å²) in [7, 11) is 0. The summed E-state index contributed by atoms with van der Waals surface area (Å²) in [6.07, 6.45) is 0.816. The maximum Gasteiger partial charge on any atom is 0.316 e. The van der Waals surface area contributed by atoms with Gasteiger partial charge in [0, 0.05) is 16.9 Å². The summed E-state index contributed by atoms with van der Waals surface area (Å²) < 4.78 is 0. The van der Waals surface area contributed by atoms with E-state index in [9.17, 15) is 9.59 Å². The van der Waals surface area contributed by atoms with Crippen molar-refractivity contribution in [1.29, 1.82) is 5.41 Å². The van der Waals surface area contributed by atoms with E-state index in [-0.39, 0.29) is 17.5 Å². The fourth-order valence-electron chi connectivity index (χ4n) is 2.34. The summed E-state index contributed by atoms with van der Waals surface area (Å²) in [4.78, 5) is 30.7. The molecule has 0 atom stereocenters. The predicted molar refractivity (Wildman–Crippen MR) is 97.5 cm³/mol. The minimum Gasteiger partial charge on any atom is -0.382 e. The van der Waals surface area contributed by atoms with Crippen LogP contribution in [0.3, 0.4) is 0 Å². The van der Waals surface area contributed by atoms with E-state index in [0.29, 0.717) is 22.5 Å². The summed E-state index contributed by atoms with van der Waals surface area (Å²) in [6, 6.07) is 7.44. The quantitative estimate of drug-likeness (QED) is 0.311. The lowest BCUT2D eigenvalue weighted by molar-refractivity contribution is 0.103. The van der Waals surface area contributed by atoms with Gasteiger partial charge in [-0.25, -0.2) is 9.79 Å². The normalized spacial score (nSPS) is 11.4. The van der Waals surface area contributed by atoms with Crippen molar-refractivity contribution in [1.82, 2.24) is 4.98 Å². The molecule has 7 N–H and O–H groups in total. The number of anilines is 1. The predicted octanol–water partition coefficient (Wildman–Crippen LogP) is 2.17. The molecule has 0 aliphatic heterocycles. The van der Waals surface area contributed by atoms with Gasteiger partial charge in [0.05, 0.1) is 11.3 Å². The molecule has 8 heteroatoms. The Morgan fingerprint density at radius 2 is 2.00 bits per heavy atom. The molecule has 2 rings (SSSR count). The third-order valence-electron chi connectivity index (χ3n) is 3.56. The number of hydrogen-bond donors (Lipinski definition) is 5. The zero-order valence-electron chi connectivity index (χ0n) is 14.0. The topological polar surface area (TPSA) is 150 Å². The van der Waals surface area contributed by atoms with Crippen LogP contribution in [0.15, 0.2) is 35.3 Å². The van der Waals surface area contributed by atoms with Gasteiger partial charge in [-0.3, -0.25) is 10.2 Å². The van der Waals surface area contributed by atoms with Crippen molar-refractivity contribution in [2.75, 3.05) is 5.32 Å². The Morgan fingerprint density at radius 1 is 1.28 bits per heavy atom. The maximum absolute atomic E-state index is 12.9. The van der Waals surface area contributed by atoms with Gasteiger partial charge in [0.2, 0.25) is 0 Å². The molecule has 0 aliphatic rings. The Balaban J connectivity index is 2.49. The van der Waals surface area contributed by atoms with Gasteiger partial charge in [0.15, 0.2) is 5.78 Å². The maximum atomic E-state index is 12.9. The summed E-state index contributed by atoms with van der Waals surface area (Å²) >= 11 is 0. The van der Waals surface area contributed by atoms with Crippen molar-refractivity contribution in [2.45, 2.75) is 19.8 Å². The monoisotopic (exact) mass is 340 g/mol. The first-order chi connectivity index (χ1) is 11.8.